The quantitative estimate of drug-likeness (QED) is 0.331. The number of hydrogen-bond donors (Lipinski definition) is 0. The molecule has 0 bridgehead atoms. The van der Waals surface area contributed by atoms with Crippen molar-refractivity contribution in [1.29, 1.82) is 0 Å². The number of carbonyl (C=O) groups is 1. The monoisotopic (exact) mass is 288 g/mol. The van der Waals surface area contributed by atoms with Gasteiger partial charge in [0.25, 0.3) is 0 Å². The molecule has 1 fully saturated rings. The molecule has 0 aromatic rings. The molecule has 0 N–H and O–H groups in total. The third-order valence-corrected chi connectivity index (χ3v) is 1.61. The molecule has 1 unspecified atom stereocenters. The summed E-state index contributed by atoms with van der Waals surface area (Å²) in [7, 11) is 0. The van der Waals surface area contributed by atoms with Crippen LogP contribution >= 0.6 is 0 Å². The van der Waals surface area contributed by atoms with Crippen molar-refractivity contribution >= 4 is 5.97 Å². The Morgan fingerprint density at radius 1 is 1.71 bits per heavy atom. The second kappa shape index (κ2) is 5.59. The minimum Gasteiger partial charge on any atom is -0.487 e. The van der Waals surface area contributed by atoms with Crippen molar-refractivity contribution in [2.45, 2.75) is 25.7 Å². The molecule has 0 spiro atoms. The maximum absolute atomic E-state index is 10.6. The molecule has 14 heavy (non-hydrogen) atoms. The fourth-order valence-electron chi connectivity index (χ4n) is 1.06. The van der Waals surface area contributed by atoms with E-state index in [1.165, 1.54) is 0 Å². The molecule has 5 heteroatoms. The maximum Gasteiger partial charge on any atom is 0.163 e. The summed E-state index contributed by atoms with van der Waals surface area (Å²) in [5.41, 5.74) is 0. The van der Waals surface area contributed by atoms with Gasteiger partial charge in [0, 0.05) is 19.5 Å². The van der Waals surface area contributed by atoms with E-state index in [1.54, 1.807) is 0 Å². The second-order valence-electron chi connectivity index (χ2n) is 3.23. The van der Waals surface area contributed by atoms with Crippen LogP contribution in [-0.2, 0) is 38.5 Å². The van der Waals surface area contributed by atoms with E-state index in [2.05, 4.69) is 12.7 Å². The summed E-state index contributed by atoms with van der Waals surface area (Å²) in [6.07, 6.45) is 1.91. The van der Waals surface area contributed by atoms with Gasteiger partial charge < -0.3 is 20.3 Å². The first-order valence-electron chi connectivity index (χ1n) is 4.05. The first-order chi connectivity index (χ1) is 6.03. The van der Waals surface area contributed by atoms with Gasteiger partial charge in [-0.3, -0.25) is 11.4 Å². The van der Waals surface area contributed by atoms with Gasteiger partial charge in [-0.2, -0.15) is 0 Å². The molecule has 0 aromatic heterocycles. The number of carbonyl (C=O) groups excluding carboxylic acids is 1. The van der Waals surface area contributed by atoms with Crippen LogP contribution in [-0.4, -0.2) is 31.1 Å². The normalized spacial score (nSPS) is 23.7. The fraction of sp³-hybridized carbons (Fsp3) is 0.667. The summed E-state index contributed by atoms with van der Waals surface area (Å²) in [6.45, 7) is 7.42. The van der Waals surface area contributed by atoms with Gasteiger partial charge in [0.15, 0.2) is 5.79 Å². The first-order valence-corrected chi connectivity index (χ1v) is 4.05. The minimum absolute atomic E-state index is 0. The number of ether oxygens (including phenoxy) is 3. The number of rotatable bonds is 3. The molecule has 0 amide bonds. The van der Waals surface area contributed by atoms with Crippen LogP contribution in [0, 0.1) is 6.08 Å². The van der Waals surface area contributed by atoms with Crippen molar-refractivity contribution in [2.75, 3.05) is 13.2 Å². The van der Waals surface area contributed by atoms with Crippen molar-refractivity contribution in [2.24, 2.45) is 0 Å². The maximum atomic E-state index is 10.6. The molecular weight excluding hydrogens is 275 g/mol. The fourth-order valence-corrected chi connectivity index (χ4v) is 1.06. The average Bonchev–Trinajstić information content (AvgIpc) is 2.41. The molecular formula is C9H13O4Rh-. The van der Waals surface area contributed by atoms with Crippen LogP contribution in [0.4, 0.5) is 0 Å². The van der Waals surface area contributed by atoms with Gasteiger partial charge in [-0.25, -0.2) is 0 Å². The van der Waals surface area contributed by atoms with Crippen LogP contribution in [0.3, 0.4) is 0 Å². The molecule has 1 radical (unpaired) electrons. The molecule has 83 valence electrons. The summed E-state index contributed by atoms with van der Waals surface area (Å²) < 4.78 is 15.4. The summed E-state index contributed by atoms with van der Waals surface area (Å²) in [5, 5.41) is 0. The van der Waals surface area contributed by atoms with Gasteiger partial charge in [-0.1, -0.05) is 0 Å². The van der Waals surface area contributed by atoms with Crippen LogP contribution in [0.5, 0.6) is 0 Å². The molecule has 0 aliphatic carbocycles. The minimum atomic E-state index is -0.574. The summed E-state index contributed by atoms with van der Waals surface area (Å²) >= 11 is 0. The molecule has 1 saturated heterocycles. The third kappa shape index (κ3) is 4.31. The van der Waals surface area contributed by atoms with Crippen molar-refractivity contribution in [3.8, 4) is 0 Å². The Kier molecular flexibility index (Phi) is 5.49. The topological polar surface area (TPSA) is 44.8 Å². The Morgan fingerprint density at radius 3 is 2.79 bits per heavy atom. The summed E-state index contributed by atoms with van der Waals surface area (Å²) in [4.78, 5) is 10.6. The van der Waals surface area contributed by atoms with E-state index >= 15 is 0 Å². The van der Waals surface area contributed by atoms with E-state index < -0.39 is 11.8 Å². The second-order valence-corrected chi connectivity index (χ2v) is 3.23. The number of esters is 1. The van der Waals surface area contributed by atoms with Crippen molar-refractivity contribution in [3.05, 3.63) is 12.7 Å². The first kappa shape index (κ1) is 13.8. The largest absolute Gasteiger partial charge is 0.487 e. The molecule has 1 heterocycles. The summed E-state index contributed by atoms with van der Waals surface area (Å²) in [5.74, 6) is -1.14. The molecule has 1 aliphatic rings. The van der Waals surface area contributed by atoms with Crippen molar-refractivity contribution in [3.63, 3.8) is 0 Å². The van der Waals surface area contributed by atoms with Crippen LogP contribution in [0.2, 0.25) is 0 Å². The molecule has 1 rings (SSSR count). The van der Waals surface area contributed by atoms with Gasteiger partial charge in [-0.05, 0) is 13.8 Å². The van der Waals surface area contributed by atoms with Crippen LogP contribution < -0.4 is 0 Å². The van der Waals surface area contributed by atoms with Crippen LogP contribution in [0.15, 0.2) is 6.58 Å². The zero-order chi connectivity index (χ0) is 9.90. The predicted molar refractivity (Wildman–Crippen MR) is 44.7 cm³/mol. The van der Waals surface area contributed by atoms with E-state index in [4.69, 9.17) is 14.2 Å². The Labute approximate surface area is 96.3 Å². The van der Waals surface area contributed by atoms with E-state index in [-0.39, 0.29) is 32.2 Å². The van der Waals surface area contributed by atoms with Gasteiger partial charge in [0.2, 0.25) is 0 Å². The molecule has 0 saturated carbocycles. The average molecular weight is 288 g/mol. The van der Waals surface area contributed by atoms with Gasteiger partial charge in [0.05, 0.1) is 6.61 Å². The van der Waals surface area contributed by atoms with Gasteiger partial charge in [0.1, 0.15) is 18.7 Å². The standard InChI is InChI=1S/C9H13O4.Rh/c1-4-8(10)11-5-7-6-12-9(2,3)13-7;/h7H,1,5-6H2,2-3H3;/q-1;. The van der Waals surface area contributed by atoms with E-state index in [0.29, 0.717) is 6.61 Å². The Hall–Kier alpha value is -0.247. The number of hydrogen-bond acceptors (Lipinski definition) is 4. The van der Waals surface area contributed by atoms with Gasteiger partial charge in [-0.15, -0.1) is 0 Å². The zero-order valence-electron chi connectivity index (χ0n) is 8.16. The van der Waals surface area contributed by atoms with Crippen LogP contribution in [0.1, 0.15) is 13.8 Å². The molecule has 0 aromatic carbocycles. The van der Waals surface area contributed by atoms with Gasteiger partial charge >= 0.3 is 0 Å². The summed E-state index contributed by atoms with van der Waals surface area (Å²) in [6, 6.07) is 0. The van der Waals surface area contributed by atoms with Crippen molar-refractivity contribution in [1.82, 2.24) is 0 Å². The zero-order valence-corrected chi connectivity index (χ0v) is 9.80. The molecule has 4 nitrogen and oxygen atoms in total. The van der Waals surface area contributed by atoms with E-state index in [0.717, 1.165) is 0 Å². The van der Waals surface area contributed by atoms with E-state index in [9.17, 15) is 4.79 Å². The Bertz CT molecular complexity index is 215. The molecule has 1 aliphatic heterocycles. The molecule has 1 atom stereocenters. The Morgan fingerprint density at radius 2 is 2.36 bits per heavy atom. The van der Waals surface area contributed by atoms with E-state index in [1.807, 2.05) is 13.8 Å². The smallest absolute Gasteiger partial charge is 0.163 e. The van der Waals surface area contributed by atoms with Crippen LogP contribution in [0.25, 0.3) is 0 Å². The SMILES string of the molecule is C=[C-]C(=O)OCC1COC(C)(C)O1.[Rh]. The third-order valence-electron chi connectivity index (χ3n) is 1.61. The predicted octanol–water partition coefficient (Wildman–Crippen LogP) is 0.668. The van der Waals surface area contributed by atoms with Crippen molar-refractivity contribution < 1.29 is 38.5 Å². The Balaban J connectivity index is 0.00000169.